The van der Waals surface area contributed by atoms with Crippen molar-refractivity contribution in [1.82, 2.24) is 4.90 Å². The predicted octanol–water partition coefficient (Wildman–Crippen LogP) is 2.30. The molecule has 132 valence electrons. The van der Waals surface area contributed by atoms with Crippen molar-refractivity contribution in [2.24, 2.45) is 5.92 Å². The van der Waals surface area contributed by atoms with Gasteiger partial charge in [0.15, 0.2) is 0 Å². The molecule has 1 aliphatic heterocycles. The molecule has 0 unspecified atom stereocenters. The molecule has 6 heteroatoms. The van der Waals surface area contributed by atoms with Gasteiger partial charge in [-0.25, -0.2) is 0 Å². The van der Waals surface area contributed by atoms with E-state index in [1.165, 1.54) is 0 Å². The Morgan fingerprint density at radius 2 is 1.96 bits per heavy atom. The molecule has 0 spiro atoms. The Morgan fingerprint density at radius 1 is 1.29 bits per heavy atom. The first kappa shape index (κ1) is 18.1. The summed E-state index contributed by atoms with van der Waals surface area (Å²) in [4.78, 5) is 26.2. The summed E-state index contributed by atoms with van der Waals surface area (Å²) in [6.45, 7) is 5.21. The highest BCUT2D eigenvalue weighted by atomic mass is 16.5. The number of methoxy groups -OCH3 is 1. The lowest BCUT2D eigenvalue weighted by Crippen LogP contribution is -2.46. The van der Waals surface area contributed by atoms with Crippen LogP contribution in [0.15, 0.2) is 24.3 Å². The Morgan fingerprint density at radius 3 is 2.58 bits per heavy atom. The van der Waals surface area contributed by atoms with Crippen molar-refractivity contribution in [2.45, 2.75) is 32.7 Å². The average molecular weight is 334 g/mol. The third-order valence-corrected chi connectivity index (χ3v) is 4.28. The zero-order valence-corrected chi connectivity index (χ0v) is 14.6. The summed E-state index contributed by atoms with van der Waals surface area (Å²) < 4.78 is 10.4. The van der Waals surface area contributed by atoms with Gasteiger partial charge in [0.1, 0.15) is 11.8 Å². The number of rotatable bonds is 6. The second-order valence-corrected chi connectivity index (χ2v) is 5.92. The Balaban J connectivity index is 1.89. The minimum atomic E-state index is -0.361. The van der Waals surface area contributed by atoms with Gasteiger partial charge in [0, 0.05) is 13.1 Å². The van der Waals surface area contributed by atoms with E-state index >= 15 is 0 Å². The molecule has 1 fully saturated rings. The molecular weight excluding hydrogens is 308 g/mol. The molecule has 1 heterocycles. The number of nitrogens with zero attached hydrogens (tertiary/aromatic N) is 1. The molecule has 1 aromatic carbocycles. The predicted molar refractivity (Wildman–Crippen MR) is 92.0 cm³/mol. The largest absolute Gasteiger partial charge is 0.495 e. The van der Waals surface area contributed by atoms with Gasteiger partial charge in [-0.15, -0.1) is 0 Å². The number of ether oxygens (including phenoxy) is 2. The molecule has 1 N–H and O–H groups in total. The van der Waals surface area contributed by atoms with Crippen LogP contribution in [0.5, 0.6) is 5.75 Å². The van der Waals surface area contributed by atoms with E-state index in [0.717, 1.165) is 5.69 Å². The van der Waals surface area contributed by atoms with Crippen LogP contribution in [0, 0.1) is 5.92 Å². The smallest absolute Gasteiger partial charge is 0.309 e. The summed E-state index contributed by atoms with van der Waals surface area (Å²) >= 11 is 0. The number of piperidine rings is 1. The molecule has 0 aliphatic carbocycles. The molecule has 1 amide bonds. The number of hydrogen-bond donors (Lipinski definition) is 1. The minimum Gasteiger partial charge on any atom is -0.495 e. The van der Waals surface area contributed by atoms with Crippen LogP contribution in [0.2, 0.25) is 0 Å². The van der Waals surface area contributed by atoms with E-state index in [9.17, 15) is 9.59 Å². The van der Waals surface area contributed by atoms with E-state index in [-0.39, 0.29) is 23.8 Å². The number of amides is 1. The number of nitrogens with one attached hydrogen (secondary N) is 1. The normalized spacial score (nSPS) is 16.4. The molecule has 2 rings (SSSR count). The van der Waals surface area contributed by atoms with Crippen LogP contribution in [-0.2, 0) is 14.3 Å². The van der Waals surface area contributed by atoms with Crippen molar-refractivity contribution in [3.05, 3.63) is 24.3 Å². The number of esters is 1. The summed E-state index contributed by atoms with van der Waals surface area (Å²) in [5.41, 5.74) is 0.794. The first-order valence-corrected chi connectivity index (χ1v) is 8.41. The maximum atomic E-state index is 12.6. The van der Waals surface area contributed by atoms with Gasteiger partial charge in [-0.1, -0.05) is 12.1 Å². The quantitative estimate of drug-likeness (QED) is 0.809. The number of benzene rings is 1. The van der Waals surface area contributed by atoms with Gasteiger partial charge >= 0.3 is 5.97 Å². The molecule has 6 nitrogen and oxygen atoms in total. The zero-order valence-electron chi connectivity index (χ0n) is 14.6. The van der Waals surface area contributed by atoms with Crippen molar-refractivity contribution in [2.75, 3.05) is 32.1 Å². The molecule has 24 heavy (non-hydrogen) atoms. The van der Waals surface area contributed by atoms with Crippen LogP contribution < -0.4 is 10.1 Å². The fourth-order valence-corrected chi connectivity index (χ4v) is 2.93. The van der Waals surface area contributed by atoms with E-state index in [4.69, 9.17) is 9.47 Å². The van der Waals surface area contributed by atoms with Gasteiger partial charge in [-0.3, -0.25) is 9.59 Å². The highest BCUT2D eigenvalue weighted by molar-refractivity contribution is 5.85. The standard InChI is InChI=1S/C18H26N2O4/c1-4-24-18(22)14-9-11-20(12-10-14)17(21)13(2)19-15-7-5-6-8-16(15)23-3/h5-8,13-14,19H,4,9-12H2,1-3H3/t13-/m1/s1. The first-order valence-electron chi connectivity index (χ1n) is 8.41. The third-order valence-electron chi connectivity index (χ3n) is 4.28. The number of likely N-dealkylation sites (tertiary alicyclic amines) is 1. The van der Waals surface area contributed by atoms with E-state index < -0.39 is 0 Å². The van der Waals surface area contributed by atoms with Gasteiger partial charge in [0.05, 0.1) is 25.3 Å². The first-order chi connectivity index (χ1) is 11.6. The van der Waals surface area contributed by atoms with Crippen molar-refractivity contribution in [3.63, 3.8) is 0 Å². The van der Waals surface area contributed by atoms with Gasteiger partial charge in [-0.05, 0) is 38.8 Å². The monoisotopic (exact) mass is 334 g/mol. The molecular formula is C18H26N2O4. The fourth-order valence-electron chi connectivity index (χ4n) is 2.93. The summed E-state index contributed by atoms with van der Waals surface area (Å²) in [6, 6.07) is 7.16. The third kappa shape index (κ3) is 4.40. The molecule has 1 saturated heterocycles. The molecule has 1 aromatic rings. The molecule has 0 saturated carbocycles. The van der Waals surface area contributed by atoms with Crippen molar-refractivity contribution in [1.29, 1.82) is 0 Å². The van der Waals surface area contributed by atoms with Gasteiger partial charge in [0.2, 0.25) is 5.91 Å². The van der Waals surface area contributed by atoms with Gasteiger partial charge < -0.3 is 19.7 Å². The number of carbonyl (C=O) groups is 2. The van der Waals surface area contributed by atoms with Crippen LogP contribution >= 0.6 is 0 Å². The average Bonchev–Trinajstić information content (AvgIpc) is 2.61. The molecule has 0 radical (unpaired) electrons. The molecule has 0 bridgehead atoms. The lowest BCUT2D eigenvalue weighted by molar-refractivity contribution is -0.151. The summed E-state index contributed by atoms with van der Waals surface area (Å²) in [6.07, 6.45) is 1.32. The fraction of sp³-hybridized carbons (Fsp3) is 0.556. The second kappa shape index (κ2) is 8.57. The van der Waals surface area contributed by atoms with Crippen molar-refractivity contribution < 1.29 is 19.1 Å². The Hall–Kier alpha value is -2.24. The number of carbonyl (C=O) groups excluding carboxylic acids is 2. The Kier molecular flexibility index (Phi) is 6.46. The van der Waals surface area contributed by atoms with Crippen LogP contribution in [-0.4, -0.2) is 49.6 Å². The maximum absolute atomic E-state index is 12.6. The van der Waals surface area contributed by atoms with Crippen LogP contribution in [0.25, 0.3) is 0 Å². The maximum Gasteiger partial charge on any atom is 0.309 e. The van der Waals surface area contributed by atoms with E-state index in [1.54, 1.807) is 7.11 Å². The van der Waals surface area contributed by atoms with E-state index in [2.05, 4.69) is 5.32 Å². The lowest BCUT2D eigenvalue weighted by atomic mass is 9.96. The highest BCUT2D eigenvalue weighted by Gasteiger charge is 2.30. The summed E-state index contributed by atoms with van der Waals surface area (Å²) in [5.74, 6) is 0.498. The van der Waals surface area contributed by atoms with E-state index in [0.29, 0.717) is 38.3 Å². The van der Waals surface area contributed by atoms with Gasteiger partial charge in [-0.2, -0.15) is 0 Å². The topological polar surface area (TPSA) is 67.9 Å². The number of anilines is 1. The number of para-hydroxylation sites is 2. The van der Waals surface area contributed by atoms with Crippen LogP contribution in [0.1, 0.15) is 26.7 Å². The summed E-state index contributed by atoms with van der Waals surface area (Å²) in [5, 5.41) is 3.20. The summed E-state index contributed by atoms with van der Waals surface area (Å²) in [7, 11) is 1.60. The van der Waals surface area contributed by atoms with Crippen LogP contribution in [0.3, 0.4) is 0 Å². The van der Waals surface area contributed by atoms with Gasteiger partial charge in [0.25, 0.3) is 0 Å². The lowest BCUT2D eigenvalue weighted by Gasteiger charge is -2.33. The van der Waals surface area contributed by atoms with Crippen LogP contribution in [0.4, 0.5) is 5.69 Å². The SMILES string of the molecule is CCOC(=O)C1CCN(C(=O)[C@@H](C)Nc2ccccc2OC)CC1. The molecule has 0 aromatic heterocycles. The Labute approximate surface area is 143 Å². The zero-order chi connectivity index (χ0) is 17.5. The number of hydrogen-bond acceptors (Lipinski definition) is 5. The highest BCUT2D eigenvalue weighted by Crippen LogP contribution is 2.25. The Bertz CT molecular complexity index is 568. The minimum absolute atomic E-state index is 0.0308. The van der Waals surface area contributed by atoms with E-state index in [1.807, 2.05) is 43.0 Å². The van der Waals surface area contributed by atoms with Crippen molar-refractivity contribution >= 4 is 17.6 Å². The molecule has 1 atom stereocenters. The van der Waals surface area contributed by atoms with Crippen molar-refractivity contribution in [3.8, 4) is 5.75 Å². The molecule has 1 aliphatic rings. The second-order valence-electron chi connectivity index (χ2n) is 5.92.